The fourth-order valence-corrected chi connectivity index (χ4v) is 2.53. The first-order valence-corrected chi connectivity index (χ1v) is 8.09. The smallest absolute Gasteiger partial charge is 0.254 e. The highest BCUT2D eigenvalue weighted by molar-refractivity contribution is 7.98. The van der Waals surface area contributed by atoms with Gasteiger partial charge >= 0.3 is 0 Å². The molecule has 0 saturated heterocycles. The summed E-state index contributed by atoms with van der Waals surface area (Å²) < 4.78 is 1.62. The van der Waals surface area contributed by atoms with Crippen LogP contribution in [0.3, 0.4) is 0 Å². The summed E-state index contributed by atoms with van der Waals surface area (Å²) in [6, 6.07) is 7.20. The molecule has 0 fully saturated rings. The predicted molar refractivity (Wildman–Crippen MR) is 86.3 cm³/mol. The Morgan fingerprint density at radius 2 is 2.17 bits per heavy atom. The van der Waals surface area contributed by atoms with Gasteiger partial charge in [-0.3, -0.25) is 9.78 Å². The second-order valence-corrected chi connectivity index (χ2v) is 5.40. The van der Waals surface area contributed by atoms with Gasteiger partial charge in [-0.2, -0.15) is 0 Å². The lowest BCUT2D eigenvalue weighted by Gasteiger charge is -2.06. The average molecular weight is 326 g/mol. The zero-order chi connectivity index (χ0) is 16.1. The average Bonchev–Trinajstić information content (AvgIpc) is 3.09. The van der Waals surface area contributed by atoms with E-state index in [1.54, 1.807) is 41.6 Å². The van der Waals surface area contributed by atoms with Crippen LogP contribution in [0.4, 0.5) is 0 Å². The van der Waals surface area contributed by atoms with E-state index in [1.165, 1.54) is 11.8 Å². The Morgan fingerprint density at radius 3 is 2.96 bits per heavy atom. The molecular weight excluding hydrogens is 312 g/mol. The molecule has 3 aromatic heterocycles. The van der Waals surface area contributed by atoms with E-state index in [9.17, 15) is 4.79 Å². The number of nitrogens with one attached hydrogen (secondary N) is 1. The summed E-state index contributed by atoms with van der Waals surface area (Å²) in [5.41, 5.74) is 2.03. The van der Waals surface area contributed by atoms with Crippen molar-refractivity contribution in [1.82, 2.24) is 30.3 Å². The summed E-state index contributed by atoms with van der Waals surface area (Å²) in [5.74, 6) is -0.182. The molecule has 0 aromatic carbocycles. The number of carbonyl (C=O) groups is 1. The van der Waals surface area contributed by atoms with Gasteiger partial charge in [0.2, 0.25) is 0 Å². The first-order valence-electron chi connectivity index (χ1n) is 6.87. The maximum Gasteiger partial charge on any atom is 0.254 e. The fourth-order valence-electron chi connectivity index (χ4n) is 1.99. The summed E-state index contributed by atoms with van der Waals surface area (Å²) in [5, 5.41) is 11.6. The molecule has 0 aliphatic rings. The van der Waals surface area contributed by atoms with Crippen LogP contribution in [0.15, 0.2) is 54.1 Å². The van der Waals surface area contributed by atoms with E-state index in [2.05, 4.69) is 25.6 Å². The lowest BCUT2D eigenvalue weighted by Crippen LogP contribution is -2.23. The van der Waals surface area contributed by atoms with Crippen molar-refractivity contribution in [3.05, 3.63) is 60.3 Å². The van der Waals surface area contributed by atoms with Crippen LogP contribution in [0.2, 0.25) is 0 Å². The van der Waals surface area contributed by atoms with Crippen molar-refractivity contribution in [2.24, 2.45) is 0 Å². The maximum absolute atomic E-state index is 12.2. The number of hydrogen-bond donors (Lipinski definition) is 1. The Labute approximate surface area is 137 Å². The first-order chi connectivity index (χ1) is 11.3. The molecule has 7 nitrogen and oxygen atoms in total. The second kappa shape index (κ2) is 7.01. The minimum absolute atomic E-state index is 0.182. The van der Waals surface area contributed by atoms with Crippen LogP contribution < -0.4 is 5.32 Å². The number of aromatic nitrogens is 5. The molecule has 0 spiro atoms. The molecule has 0 aliphatic carbocycles. The Bertz CT molecular complexity index is 804. The molecule has 0 atom stereocenters. The van der Waals surface area contributed by atoms with Crippen molar-refractivity contribution in [1.29, 1.82) is 0 Å². The highest BCUT2D eigenvalue weighted by Gasteiger charge is 2.12. The van der Waals surface area contributed by atoms with E-state index in [1.807, 2.05) is 18.4 Å². The zero-order valence-corrected chi connectivity index (χ0v) is 13.2. The molecule has 1 amide bonds. The summed E-state index contributed by atoms with van der Waals surface area (Å²) in [6.07, 6.45) is 8.70. The van der Waals surface area contributed by atoms with E-state index in [-0.39, 0.29) is 5.91 Å². The highest BCUT2D eigenvalue weighted by Crippen LogP contribution is 2.16. The van der Waals surface area contributed by atoms with Gasteiger partial charge in [0.15, 0.2) is 0 Å². The Hall–Kier alpha value is -2.74. The SMILES string of the molecule is CSc1ncccc1C(=O)NCc1cn(-c2cccnc2)nn1. The number of nitrogens with zero attached hydrogens (tertiary/aromatic N) is 5. The molecule has 3 aromatic rings. The molecule has 3 rings (SSSR count). The molecule has 0 unspecified atom stereocenters. The van der Waals surface area contributed by atoms with Gasteiger partial charge in [-0.25, -0.2) is 9.67 Å². The van der Waals surface area contributed by atoms with Crippen LogP contribution in [0.5, 0.6) is 0 Å². The van der Waals surface area contributed by atoms with Gasteiger partial charge in [-0.1, -0.05) is 5.21 Å². The first kappa shape index (κ1) is 15.2. The van der Waals surface area contributed by atoms with E-state index >= 15 is 0 Å². The van der Waals surface area contributed by atoms with Gasteiger partial charge in [0, 0.05) is 12.4 Å². The van der Waals surface area contributed by atoms with E-state index in [4.69, 9.17) is 0 Å². The standard InChI is InChI=1S/C15H14N6OS/c1-23-15-13(5-3-7-17-15)14(22)18-8-11-10-21(20-19-11)12-4-2-6-16-9-12/h2-7,9-10H,8H2,1H3,(H,18,22). The van der Waals surface area contributed by atoms with Gasteiger partial charge in [0.1, 0.15) is 10.7 Å². The summed E-state index contributed by atoms with van der Waals surface area (Å²) in [7, 11) is 0. The van der Waals surface area contributed by atoms with Gasteiger partial charge in [-0.05, 0) is 30.5 Å². The van der Waals surface area contributed by atoms with Crippen molar-refractivity contribution < 1.29 is 4.79 Å². The molecule has 0 bridgehead atoms. The third kappa shape index (κ3) is 3.54. The molecule has 8 heteroatoms. The lowest BCUT2D eigenvalue weighted by molar-refractivity contribution is 0.0947. The lowest BCUT2D eigenvalue weighted by atomic mass is 10.2. The number of carbonyl (C=O) groups excluding carboxylic acids is 1. The molecule has 0 radical (unpaired) electrons. The third-order valence-electron chi connectivity index (χ3n) is 3.09. The summed E-state index contributed by atoms with van der Waals surface area (Å²) in [6.45, 7) is 0.293. The van der Waals surface area contributed by atoms with Crippen molar-refractivity contribution >= 4 is 17.7 Å². The maximum atomic E-state index is 12.2. The quantitative estimate of drug-likeness (QED) is 0.718. The number of thioether (sulfide) groups is 1. The van der Waals surface area contributed by atoms with Crippen LogP contribution in [-0.2, 0) is 6.54 Å². The van der Waals surface area contributed by atoms with E-state index in [0.29, 0.717) is 22.8 Å². The molecule has 0 aliphatic heterocycles. The number of hydrogen-bond acceptors (Lipinski definition) is 6. The fraction of sp³-hybridized carbons (Fsp3) is 0.133. The summed E-state index contributed by atoms with van der Waals surface area (Å²) in [4.78, 5) is 20.5. The number of amides is 1. The number of rotatable bonds is 5. The minimum Gasteiger partial charge on any atom is -0.346 e. The van der Waals surface area contributed by atoms with Gasteiger partial charge in [-0.15, -0.1) is 16.9 Å². The largest absolute Gasteiger partial charge is 0.346 e. The van der Waals surface area contributed by atoms with Crippen molar-refractivity contribution in [3.8, 4) is 5.69 Å². The van der Waals surface area contributed by atoms with Gasteiger partial charge in [0.25, 0.3) is 5.91 Å². The third-order valence-corrected chi connectivity index (χ3v) is 3.80. The highest BCUT2D eigenvalue weighted by atomic mass is 32.2. The van der Waals surface area contributed by atoms with Crippen molar-refractivity contribution in [3.63, 3.8) is 0 Å². The van der Waals surface area contributed by atoms with Crippen molar-refractivity contribution in [2.45, 2.75) is 11.6 Å². The minimum atomic E-state index is -0.182. The monoisotopic (exact) mass is 326 g/mol. The Balaban J connectivity index is 1.67. The van der Waals surface area contributed by atoms with Crippen LogP contribution in [0, 0.1) is 0 Å². The molecule has 1 N–H and O–H groups in total. The topological polar surface area (TPSA) is 85.6 Å². The van der Waals surface area contributed by atoms with Crippen LogP contribution in [0.25, 0.3) is 5.69 Å². The van der Waals surface area contributed by atoms with Crippen LogP contribution >= 0.6 is 11.8 Å². The van der Waals surface area contributed by atoms with E-state index < -0.39 is 0 Å². The van der Waals surface area contributed by atoms with Crippen LogP contribution in [-0.4, -0.2) is 37.1 Å². The molecule has 23 heavy (non-hydrogen) atoms. The predicted octanol–water partition coefficient (Wildman–Crippen LogP) is 1.71. The Morgan fingerprint density at radius 1 is 1.30 bits per heavy atom. The van der Waals surface area contributed by atoms with Crippen LogP contribution in [0.1, 0.15) is 16.1 Å². The molecule has 0 saturated carbocycles. The molecule has 3 heterocycles. The van der Waals surface area contributed by atoms with Gasteiger partial charge in [0.05, 0.1) is 30.2 Å². The van der Waals surface area contributed by atoms with Gasteiger partial charge < -0.3 is 5.32 Å². The zero-order valence-electron chi connectivity index (χ0n) is 12.4. The normalized spacial score (nSPS) is 10.5. The summed E-state index contributed by atoms with van der Waals surface area (Å²) >= 11 is 1.44. The van der Waals surface area contributed by atoms with Crippen molar-refractivity contribution in [2.75, 3.05) is 6.26 Å². The number of pyridine rings is 2. The second-order valence-electron chi connectivity index (χ2n) is 4.61. The molecular formula is C15H14N6OS. The van der Waals surface area contributed by atoms with E-state index in [0.717, 1.165) is 5.69 Å². The molecule has 116 valence electrons. The Kier molecular flexibility index (Phi) is 4.62.